The fraction of sp³-hybridized carbons (Fsp3) is 0.294. The first-order valence-corrected chi connectivity index (χ1v) is 7.52. The molecule has 2 N–H and O–H groups in total. The fourth-order valence-corrected chi connectivity index (χ4v) is 2.11. The standard InChI is InChI=1S/C17H20ClNO3/c1-20-13-8-9-17(15(19)12-13)22-11-5-4-10-21-16-7-3-2-6-14(16)18/h2-3,6-9,12H,4-5,10-11,19H2,1H3. The summed E-state index contributed by atoms with van der Waals surface area (Å²) in [6, 6.07) is 12.8. The molecule has 0 aliphatic carbocycles. The second kappa shape index (κ2) is 8.39. The van der Waals surface area contributed by atoms with Crippen molar-refractivity contribution in [2.24, 2.45) is 0 Å². The Morgan fingerprint density at radius 3 is 2.27 bits per heavy atom. The number of unbranched alkanes of at least 4 members (excludes halogenated alkanes) is 1. The van der Waals surface area contributed by atoms with E-state index in [1.54, 1.807) is 13.2 Å². The molecule has 0 saturated heterocycles. The Bertz CT molecular complexity index is 604. The molecule has 0 spiro atoms. The van der Waals surface area contributed by atoms with Gasteiger partial charge in [0.05, 0.1) is 31.0 Å². The molecule has 0 atom stereocenters. The van der Waals surface area contributed by atoms with Gasteiger partial charge in [0.15, 0.2) is 0 Å². The molecular formula is C17H20ClNO3. The molecule has 0 amide bonds. The number of benzene rings is 2. The molecule has 4 nitrogen and oxygen atoms in total. The summed E-state index contributed by atoms with van der Waals surface area (Å²) in [7, 11) is 1.61. The number of hydrogen-bond donors (Lipinski definition) is 1. The maximum absolute atomic E-state index is 6.01. The Hall–Kier alpha value is -2.07. The third-order valence-electron chi connectivity index (χ3n) is 3.11. The van der Waals surface area contributed by atoms with Crippen molar-refractivity contribution in [3.63, 3.8) is 0 Å². The van der Waals surface area contributed by atoms with Gasteiger partial charge in [-0.3, -0.25) is 0 Å². The number of ether oxygens (including phenoxy) is 3. The SMILES string of the molecule is COc1ccc(OCCCCOc2ccccc2Cl)c(N)c1. The summed E-state index contributed by atoms with van der Waals surface area (Å²) < 4.78 is 16.4. The van der Waals surface area contributed by atoms with E-state index in [0.29, 0.717) is 35.4 Å². The van der Waals surface area contributed by atoms with E-state index in [4.69, 9.17) is 31.5 Å². The molecule has 0 aromatic heterocycles. The van der Waals surface area contributed by atoms with Crippen LogP contribution in [-0.2, 0) is 0 Å². The Morgan fingerprint density at radius 2 is 1.64 bits per heavy atom. The van der Waals surface area contributed by atoms with Gasteiger partial charge < -0.3 is 19.9 Å². The molecular weight excluding hydrogens is 302 g/mol. The Balaban J connectivity index is 1.66. The number of rotatable bonds is 8. The lowest BCUT2D eigenvalue weighted by Gasteiger charge is -2.11. The van der Waals surface area contributed by atoms with Gasteiger partial charge in [0, 0.05) is 6.07 Å². The van der Waals surface area contributed by atoms with Gasteiger partial charge in [-0.15, -0.1) is 0 Å². The van der Waals surface area contributed by atoms with Gasteiger partial charge in [0.25, 0.3) is 0 Å². The van der Waals surface area contributed by atoms with Gasteiger partial charge in [-0.2, -0.15) is 0 Å². The van der Waals surface area contributed by atoms with E-state index in [9.17, 15) is 0 Å². The lowest BCUT2D eigenvalue weighted by Crippen LogP contribution is -2.04. The highest BCUT2D eigenvalue weighted by molar-refractivity contribution is 6.32. The number of methoxy groups -OCH3 is 1. The third-order valence-corrected chi connectivity index (χ3v) is 3.42. The van der Waals surface area contributed by atoms with Crippen LogP contribution >= 0.6 is 11.6 Å². The minimum atomic E-state index is 0.576. The summed E-state index contributed by atoms with van der Waals surface area (Å²) in [5.74, 6) is 2.11. The molecule has 0 radical (unpaired) electrons. The van der Waals surface area contributed by atoms with Crippen LogP contribution in [-0.4, -0.2) is 20.3 Å². The van der Waals surface area contributed by atoms with Crippen molar-refractivity contribution < 1.29 is 14.2 Å². The largest absolute Gasteiger partial charge is 0.497 e. The van der Waals surface area contributed by atoms with Crippen LogP contribution in [0.25, 0.3) is 0 Å². The lowest BCUT2D eigenvalue weighted by molar-refractivity contribution is 0.267. The third kappa shape index (κ3) is 4.74. The maximum Gasteiger partial charge on any atom is 0.142 e. The van der Waals surface area contributed by atoms with Crippen molar-refractivity contribution in [2.75, 3.05) is 26.1 Å². The van der Waals surface area contributed by atoms with Crippen LogP contribution in [0.3, 0.4) is 0 Å². The van der Waals surface area contributed by atoms with Crippen molar-refractivity contribution >= 4 is 17.3 Å². The Labute approximate surface area is 135 Å². The van der Waals surface area contributed by atoms with Crippen molar-refractivity contribution in [3.05, 3.63) is 47.5 Å². The van der Waals surface area contributed by atoms with Gasteiger partial charge in [0.1, 0.15) is 17.2 Å². The van der Waals surface area contributed by atoms with Gasteiger partial charge in [-0.25, -0.2) is 0 Å². The highest BCUT2D eigenvalue weighted by Gasteiger charge is 2.03. The predicted octanol–water partition coefficient (Wildman–Crippen LogP) is 4.17. The highest BCUT2D eigenvalue weighted by atomic mass is 35.5. The van der Waals surface area contributed by atoms with E-state index >= 15 is 0 Å². The maximum atomic E-state index is 6.01. The molecule has 22 heavy (non-hydrogen) atoms. The van der Waals surface area contributed by atoms with Crippen LogP contribution in [0.15, 0.2) is 42.5 Å². The first-order valence-electron chi connectivity index (χ1n) is 7.14. The summed E-state index contributed by atoms with van der Waals surface area (Å²) in [6.07, 6.45) is 1.75. The van der Waals surface area contributed by atoms with E-state index in [-0.39, 0.29) is 0 Å². The normalized spacial score (nSPS) is 10.3. The average Bonchev–Trinajstić information content (AvgIpc) is 2.53. The second-order valence-corrected chi connectivity index (χ2v) is 5.15. The zero-order valence-electron chi connectivity index (χ0n) is 12.5. The molecule has 118 valence electrons. The Kier molecular flexibility index (Phi) is 6.22. The quantitative estimate of drug-likeness (QED) is 0.585. The zero-order valence-corrected chi connectivity index (χ0v) is 13.3. The first-order chi connectivity index (χ1) is 10.7. The number of para-hydroxylation sites is 1. The second-order valence-electron chi connectivity index (χ2n) is 4.74. The minimum Gasteiger partial charge on any atom is -0.497 e. The van der Waals surface area contributed by atoms with Crippen LogP contribution in [0.5, 0.6) is 17.2 Å². The van der Waals surface area contributed by atoms with E-state index in [0.717, 1.165) is 18.6 Å². The Morgan fingerprint density at radius 1 is 0.955 bits per heavy atom. The van der Waals surface area contributed by atoms with Crippen LogP contribution in [0.1, 0.15) is 12.8 Å². The first kappa shape index (κ1) is 16.3. The summed E-state index contributed by atoms with van der Waals surface area (Å²) >= 11 is 6.01. The number of nitrogen functional groups attached to an aromatic ring is 1. The van der Waals surface area contributed by atoms with Crippen LogP contribution in [0, 0.1) is 0 Å². The lowest BCUT2D eigenvalue weighted by atomic mass is 10.3. The van der Waals surface area contributed by atoms with Crippen LogP contribution in [0.2, 0.25) is 5.02 Å². The van der Waals surface area contributed by atoms with Crippen molar-refractivity contribution in [2.45, 2.75) is 12.8 Å². The van der Waals surface area contributed by atoms with Gasteiger partial charge >= 0.3 is 0 Å². The minimum absolute atomic E-state index is 0.576. The average molecular weight is 322 g/mol. The molecule has 2 rings (SSSR count). The monoisotopic (exact) mass is 321 g/mol. The van der Waals surface area contributed by atoms with Gasteiger partial charge in [0.2, 0.25) is 0 Å². The van der Waals surface area contributed by atoms with Crippen LogP contribution < -0.4 is 19.9 Å². The van der Waals surface area contributed by atoms with E-state index < -0.39 is 0 Å². The van der Waals surface area contributed by atoms with Crippen molar-refractivity contribution in [3.8, 4) is 17.2 Å². The molecule has 2 aromatic rings. The molecule has 2 aromatic carbocycles. The molecule has 0 fully saturated rings. The highest BCUT2D eigenvalue weighted by Crippen LogP contribution is 2.26. The molecule has 0 aliphatic rings. The molecule has 0 aliphatic heterocycles. The van der Waals surface area contributed by atoms with E-state index in [1.807, 2.05) is 36.4 Å². The predicted molar refractivity (Wildman–Crippen MR) is 89.1 cm³/mol. The van der Waals surface area contributed by atoms with E-state index in [2.05, 4.69) is 0 Å². The molecule has 0 heterocycles. The number of halogens is 1. The van der Waals surface area contributed by atoms with Crippen molar-refractivity contribution in [1.29, 1.82) is 0 Å². The molecule has 5 heteroatoms. The van der Waals surface area contributed by atoms with Crippen molar-refractivity contribution in [1.82, 2.24) is 0 Å². The molecule has 0 unspecified atom stereocenters. The summed E-state index contributed by atoms with van der Waals surface area (Å²) in [4.78, 5) is 0. The summed E-state index contributed by atoms with van der Waals surface area (Å²) in [6.45, 7) is 1.19. The van der Waals surface area contributed by atoms with E-state index in [1.165, 1.54) is 0 Å². The molecule has 0 bridgehead atoms. The number of nitrogens with two attached hydrogens (primary N) is 1. The summed E-state index contributed by atoms with van der Waals surface area (Å²) in [5.41, 5.74) is 6.46. The fourth-order valence-electron chi connectivity index (χ4n) is 1.92. The number of hydrogen-bond acceptors (Lipinski definition) is 4. The van der Waals surface area contributed by atoms with Crippen LogP contribution in [0.4, 0.5) is 5.69 Å². The smallest absolute Gasteiger partial charge is 0.142 e. The topological polar surface area (TPSA) is 53.7 Å². The van der Waals surface area contributed by atoms with Gasteiger partial charge in [-0.05, 0) is 37.1 Å². The molecule has 0 saturated carbocycles. The van der Waals surface area contributed by atoms with Gasteiger partial charge in [-0.1, -0.05) is 23.7 Å². The zero-order chi connectivity index (χ0) is 15.8. The summed E-state index contributed by atoms with van der Waals surface area (Å²) in [5, 5.41) is 0.629. The number of anilines is 1.